The molecule has 5 nitrogen and oxygen atoms in total. The van der Waals surface area contributed by atoms with Crippen molar-refractivity contribution in [1.29, 1.82) is 0 Å². The maximum atomic E-state index is 12.2. The first-order valence-corrected chi connectivity index (χ1v) is 8.04. The van der Waals surface area contributed by atoms with Crippen molar-refractivity contribution < 1.29 is 4.79 Å². The summed E-state index contributed by atoms with van der Waals surface area (Å²) < 4.78 is 0. The van der Waals surface area contributed by atoms with Gasteiger partial charge in [0.05, 0.1) is 6.54 Å². The molecule has 138 valence electrons. The van der Waals surface area contributed by atoms with Crippen molar-refractivity contribution in [3.05, 3.63) is 29.3 Å². The first kappa shape index (κ1) is 23.1. The molecule has 1 aliphatic rings. The third-order valence-electron chi connectivity index (χ3n) is 4.30. The van der Waals surface area contributed by atoms with Crippen LogP contribution in [0.25, 0.3) is 0 Å². The second-order valence-electron chi connectivity index (χ2n) is 6.13. The number of carbonyl (C=O) groups excluding carboxylic acids is 1. The smallest absolute Gasteiger partial charge is 0.238 e. The minimum absolute atomic E-state index is 0. The maximum absolute atomic E-state index is 12.2. The number of hydrogen-bond donors (Lipinski definition) is 2. The summed E-state index contributed by atoms with van der Waals surface area (Å²) in [5.74, 6) is 0.0523. The van der Waals surface area contributed by atoms with Crippen molar-refractivity contribution in [2.45, 2.75) is 13.8 Å². The molecule has 1 aromatic carbocycles. The average Bonchev–Trinajstić information content (AvgIpc) is 2.51. The van der Waals surface area contributed by atoms with Crippen LogP contribution in [0.5, 0.6) is 0 Å². The number of carbonyl (C=O) groups is 1. The predicted molar refractivity (Wildman–Crippen MR) is 106 cm³/mol. The molecule has 1 fully saturated rings. The van der Waals surface area contributed by atoms with Gasteiger partial charge < -0.3 is 10.6 Å². The van der Waals surface area contributed by atoms with Gasteiger partial charge in [0.2, 0.25) is 5.91 Å². The molecular weight excluding hydrogens is 347 g/mol. The van der Waals surface area contributed by atoms with Crippen molar-refractivity contribution in [2.75, 3.05) is 58.2 Å². The molecule has 0 bridgehead atoms. The highest BCUT2D eigenvalue weighted by Gasteiger charge is 2.12. The highest BCUT2D eigenvalue weighted by Crippen LogP contribution is 2.17. The van der Waals surface area contributed by atoms with E-state index in [0.29, 0.717) is 6.54 Å². The molecule has 1 aliphatic heterocycles. The Kier molecular flexibility index (Phi) is 11.2. The third kappa shape index (κ3) is 7.36. The van der Waals surface area contributed by atoms with Gasteiger partial charge >= 0.3 is 0 Å². The van der Waals surface area contributed by atoms with Gasteiger partial charge in [-0.25, -0.2) is 0 Å². The van der Waals surface area contributed by atoms with Crippen molar-refractivity contribution in [3.8, 4) is 0 Å². The zero-order chi connectivity index (χ0) is 15.9. The summed E-state index contributed by atoms with van der Waals surface area (Å²) in [5, 5.41) is 6.37. The van der Waals surface area contributed by atoms with Gasteiger partial charge in [0.1, 0.15) is 0 Å². The molecule has 2 rings (SSSR count). The highest BCUT2D eigenvalue weighted by atomic mass is 35.5. The summed E-state index contributed by atoms with van der Waals surface area (Å²) in [6, 6.07) is 6.00. The SMILES string of the molecule is Cc1cccc(NC(=O)CN(C)CCN2CCNCC2)c1C.Cl.Cl. The summed E-state index contributed by atoms with van der Waals surface area (Å²) in [6.45, 7) is 10.8. The quantitative estimate of drug-likeness (QED) is 0.795. The molecule has 7 heteroatoms. The van der Waals surface area contributed by atoms with Crippen LogP contribution >= 0.6 is 24.8 Å². The fourth-order valence-corrected chi connectivity index (χ4v) is 2.65. The van der Waals surface area contributed by atoms with Crippen LogP contribution in [0.4, 0.5) is 5.69 Å². The number of amides is 1. The first-order valence-electron chi connectivity index (χ1n) is 8.04. The maximum Gasteiger partial charge on any atom is 0.238 e. The summed E-state index contributed by atoms with van der Waals surface area (Å²) in [4.78, 5) is 16.7. The normalized spacial score (nSPS) is 14.7. The molecule has 0 aromatic heterocycles. The molecule has 2 N–H and O–H groups in total. The van der Waals surface area contributed by atoms with Gasteiger partial charge in [-0.05, 0) is 38.1 Å². The van der Waals surface area contributed by atoms with Gasteiger partial charge in [0.15, 0.2) is 0 Å². The molecular formula is C17H30Cl2N4O. The lowest BCUT2D eigenvalue weighted by atomic mass is 10.1. The van der Waals surface area contributed by atoms with Gasteiger partial charge in [0, 0.05) is 45.0 Å². The highest BCUT2D eigenvalue weighted by molar-refractivity contribution is 5.93. The standard InChI is InChI=1S/C17H28N4O.2ClH/c1-14-5-4-6-16(15(14)2)19-17(22)13-20(3)11-12-21-9-7-18-8-10-21;;/h4-6,18H,7-13H2,1-3H3,(H,19,22);2*1H. The van der Waals surface area contributed by atoms with Crippen LogP contribution in [0.1, 0.15) is 11.1 Å². The lowest BCUT2D eigenvalue weighted by molar-refractivity contribution is -0.117. The molecule has 1 amide bonds. The fourth-order valence-electron chi connectivity index (χ4n) is 2.65. The Balaban J connectivity index is 0.00000264. The van der Waals surface area contributed by atoms with Crippen LogP contribution in [0.2, 0.25) is 0 Å². The molecule has 0 aliphatic carbocycles. The average molecular weight is 377 g/mol. The van der Waals surface area contributed by atoms with Crippen molar-refractivity contribution >= 4 is 36.4 Å². The van der Waals surface area contributed by atoms with Gasteiger partial charge in [-0.3, -0.25) is 14.6 Å². The second-order valence-corrected chi connectivity index (χ2v) is 6.13. The van der Waals surface area contributed by atoms with E-state index in [2.05, 4.69) is 33.4 Å². The number of nitrogens with zero attached hydrogens (tertiary/aromatic N) is 2. The lowest BCUT2D eigenvalue weighted by Crippen LogP contribution is -2.46. The van der Waals surface area contributed by atoms with Crippen molar-refractivity contribution in [3.63, 3.8) is 0 Å². The van der Waals surface area contributed by atoms with Crippen molar-refractivity contribution in [2.24, 2.45) is 0 Å². The monoisotopic (exact) mass is 376 g/mol. The van der Waals surface area contributed by atoms with E-state index in [-0.39, 0.29) is 30.7 Å². The molecule has 1 aromatic rings. The third-order valence-corrected chi connectivity index (χ3v) is 4.30. The van der Waals surface area contributed by atoms with E-state index in [9.17, 15) is 4.79 Å². The van der Waals surface area contributed by atoms with E-state index < -0.39 is 0 Å². The Morgan fingerprint density at radius 2 is 1.92 bits per heavy atom. The van der Waals surface area contributed by atoms with Gasteiger partial charge in [-0.1, -0.05) is 12.1 Å². The van der Waals surface area contributed by atoms with E-state index in [0.717, 1.165) is 50.5 Å². The summed E-state index contributed by atoms with van der Waals surface area (Å²) in [6.07, 6.45) is 0. The summed E-state index contributed by atoms with van der Waals surface area (Å²) >= 11 is 0. The van der Waals surface area contributed by atoms with Gasteiger partial charge in [-0.15, -0.1) is 24.8 Å². The molecule has 24 heavy (non-hydrogen) atoms. The number of rotatable bonds is 6. The first-order chi connectivity index (χ1) is 10.6. The molecule has 0 unspecified atom stereocenters. The van der Waals surface area contributed by atoms with Crippen LogP contribution in [-0.2, 0) is 4.79 Å². The molecule has 0 spiro atoms. The Hall–Kier alpha value is -0.850. The molecule has 1 saturated heterocycles. The van der Waals surface area contributed by atoms with E-state index in [1.165, 1.54) is 5.56 Å². The molecule has 0 saturated carbocycles. The van der Waals surface area contributed by atoms with Crippen LogP contribution < -0.4 is 10.6 Å². The number of aryl methyl sites for hydroxylation is 1. The fraction of sp³-hybridized carbons (Fsp3) is 0.588. The zero-order valence-corrected chi connectivity index (χ0v) is 16.4. The van der Waals surface area contributed by atoms with E-state index in [4.69, 9.17) is 0 Å². The van der Waals surface area contributed by atoms with Crippen LogP contribution in [0.3, 0.4) is 0 Å². The number of benzene rings is 1. The Labute approximate surface area is 158 Å². The van der Waals surface area contributed by atoms with Crippen LogP contribution in [-0.4, -0.2) is 68.6 Å². The topological polar surface area (TPSA) is 47.6 Å². The summed E-state index contributed by atoms with van der Waals surface area (Å²) in [7, 11) is 2.00. The van der Waals surface area contributed by atoms with Crippen LogP contribution in [0, 0.1) is 13.8 Å². The van der Waals surface area contributed by atoms with Crippen molar-refractivity contribution in [1.82, 2.24) is 15.1 Å². The number of anilines is 1. The lowest BCUT2D eigenvalue weighted by Gasteiger charge is -2.28. The number of likely N-dealkylation sites (N-methyl/N-ethyl adjacent to an activating group) is 1. The Morgan fingerprint density at radius 3 is 2.58 bits per heavy atom. The minimum atomic E-state index is 0. The second kappa shape index (κ2) is 11.7. The van der Waals surface area contributed by atoms with E-state index in [1.54, 1.807) is 0 Å². The number of nitrogens with one attached hydrogen (secondary N) is 2. The number of piperazine rings is 1. The predicted octanol–water partition coefficient (Wildman–Crippen LogP) is 1.92. The Morgan fingerprint density at radius 1 is 1.25 bits per heavy atom. The molecule has 0 radical (unpaired) electrons. The Bertz CT molecular complexity index is 507. The van der Waals surface area contributed by atoms with E-state index in [1.807, 2.05) is 26.1 Å². The zero-order valence-electron chi connectivity index (χ0n) is 14.8. The van der Waals surface area contributed by atoms with Gasteiger partial charge in [-0.2, -0.15) is 0 Å². The minimum Gasteiger partial charge on any atom is -0.325 e. The molecule has 1 heterocycles. The molecule has 0 atom stereocenters. The largest absolute Gasteiger partial charge is 0.325 e. The van der Waals surface area contributed by atoms with Gasteiger partial charge in [0.25, 0.3) is 0 Å². The van der Waals surface area contributed by atoms with Crippen LogP contribution in [0.15, 0.2) is 18.2 Å². The number of halogens is 2. The van der Waals surface area contributed by atoms with E-state index >= 15 is 0 Å². The summed E-state index contributed by atoms with van der Waals surface area (Å²) in [5.41, 5.74) is 3.25. The number of hydrogen-bond acceptors (Lipinski definition) is 4.